The Morgan fingerprint density at radius 1 is 1.00 bits per heavy atom. The second-order valence-electron chi connectivity index (χ2n) is 7.94. The van der Waals surface area contributed by atoms with E-state index in [2.05, 4.69) is 10.5 Å². The second-order valence-corrected chi connectivity index (χ2v) is 7.94. The van der Waals surface area contributed by atoms with Crippen LogP contribution in [0.25, 0.3) is 22.2 Å². The molecule has 0 bridgehead atoms. The number of rotatable bonds is 8. The van der Waals surface area contributed by atoms with E-state index in [9.17, 15) is 4.79 Å². The van der Waals surface area contributed by atoms with Gasteiger partial charge in [0.25, 0.3) is 5.91 Å². The average Bonchev–Trinajstić information content (AvgIpc) is 2.85. The molecule has 0 radical (unpaired) electrons. The van der Waals surface area contributed by atoms with Crippen LogP contribution in [0.4, 0.5) is 0 Å². The molecule has 4 rings (SSSR count). The van der Waals surface area contributed by atoms with Crippen molar-refractivity contribution in [3.63, 3.8) is 0 Å². The lowest BCUT2D eigenvalue weighted by Gasteiger charge is -2.14. The lowest BCUT2D eigenvalue weighted by Crippen LogP contribution is -2.18. The quantitative estimate of drug-likeness (QED) is 0.268. The zero-order valence-electron chi connectivity index (χ0n) is 19.5. The molecule has 0 aliphatic heterocycles. The number of carbonyl (C=O) groups excluding carboxylic acids is 1. The predicted molar refractivity (Wildman–Crippen MR) is 136 cm³/mol. The molecule has 6 heteroatoms. The maximum atomic E-state index is 13.1. The van der Waals surface area contributed by atoms with E-state index in [0.717, 1.165) is 27.7 Å². The number of aromatic nitrogens is 1. The van der Waals surface area contributed by atoms with Crippen molar-refractivity contribution >= 4 is 23.0 Å². The molecule has 1 aromatic heterocycles. The van der Waals surface area contributed by atoms with Crippen LogP contribution in [-0.2, 0) is 0 Å². The van der Waals surface area contributed by atoms with E-state index in [4.69, 9.17) is 14.5 Å². The Hall–Kier alpha value is -4.19. The van der Waals surface area contributed by atoms with Crippen molar-refractivity contribution in [1.29, 1.82) is 0 Å². The summed E-state index contributed by atoms with van der Waals surface area (Å²) < 4.78 is 11.5. The van der Waals surface area contributed by atoms with E-state index >= 15 is 0 Å². The standard InChI is InChI=1S/C28H27N3O3/c1-4-33-27-16-20(14-15-26(27)34-19(2)3)18-29-31-28(32)23-17-25(21-10-6-5-7-11-21)30-24-13-9-8-12-22(23)24/h5-19H,4H2,1-3H3,(H,31,32)/b29-18-. The van der Waals surface area contributed by atoms with Gasteiger partial charge in [-0.3, -0.25) is 4.79 Å². The molecule has 4 aromatic rings. The summed E-state index contributed by atoms with van der Waals surface area (Å²) in [6, 6.07) is 24.7. The fraction of sp³-hybridized carbons (Fsp3) is 0.179. The number of pyridine rings is 1. The smallest absolute Gasteiger partial charge is 0.272 e. The number of benzene rings is 3. The van der Waals surface area contributed by atoms with Crippen molar-refractivity contribution in [2.75, 3.05) is 6.61 Å². The molecule has 172 valence electrons. The highest BCUT2D eigenvalue weighted by Gasteiger charge is 2.13. The van der Waals surface area contributed by atoms with Crippen LogP contribution in [0.15, 0.2) is 84.0 Å². The topological polar surface area (TPSA) is 72.8 Å². The van der Waals surface area contributed by atoms with Crippen LogP contribution >= 0.6 is 0 Å². The van der Waals surface area contributed by atoms with Crippen molar-refractivity contribution in [2.45, 2.75) is 26.9 Å². The van der Waals surface area contributed by atoms with Gasteiger partial charge in [-0.1, -0.05) is 48.5 Å². The summed E-state index contributed by atoms with van der Waals surface area (Å²) in [5.74, 6) is 1.01. The Morgan fingerprint density at radius 2 is 1.76 bits per heavy atom. The first-order chi connectivity index (χ1) is 16.5. The third kappa shape index (κ3) is 5.41. The summed E-state index contributed by atoms with van der Waals surface area (Å²) >= 11 is 0. The van der Waals surface area contributed by atoms with E-state index in [-0.39, 0.29) is 12.0 Å². The zero-order chi connectivity index (χ0) is 23.9. The highest BCUT2D eigenvalue weighted by molar-refractivity contribution is 6.07. The number of para-hydroxylation sites is 1. The summed E-state index contributed by atoms with van der Waals surface area (Å²) in [5.41, 5.74) is 6.37. The lowest BCUT2D eigenvalue weighted by molar-refractivity contribution is 0.0956. The van der Waals surface area contributed by atoms with Crippen LogP contribution in [0.2, 0.25) is 0 Å². The summed E-state index contributed by atoms with van der Waals surface area (Å²) in [7, 11) is 0. The zero-order valence-corrected chi connectivity index (χ0v) is 19.5. The van der Waals surface area contributed by atoms with Gasteiger partial charge in [-0.2, -0.15) is 5.10 Å². The van der Waals surface area contributed by atoms with Crippen LogP contribution in [-0.4, -0.2) is 29.8 Å². The van der Waals surface area contributed by atoms with E-state index in [1.165, 1.54) is 0 Å². The predicted octanol–water partition coefficient (Wildman–Crippen LogP) is 5.85. The van der Waals surface area contributed by atoms with Gasteiger partial charge >= 0.3 is 0 Å². The maximum Gasteiger partial charge on any atom is 0.272 e. The maximum absolute atomic E-state index is 13.1. The molecule has 3 aromatic carbocycles. The Labute approximate surface area is 199 Å². The van der Waals surface area contributed by atoms with Crippen LogP contribution in [0.1, 0.15) is 36.7 Å². The fourth-order valence-corrected chi connectivity index (χ4v) is 3.57. The van der Waals surface area contributed by atoms with E-state index in [0.29, 0.717) is 23.7 Å². The third-order valence-corrected chi connectivity index (χ3v) is 5.04. The minimum absolute atomic E-state index is 0.0361. The monoisotopic (exact) mass is 453 g/mol. The molecule has 0 atom stereocenters. The summed E-state index contributed by atoms with van der Waals surface area (Å²) in [6.07, 6.45) is 1.62. The number of nitrogens with one attached hydrogen (secondary N) is 1. The molecule has 0 aliphatic carbocycles. The normalized spacial score (nSPS) is 11.2. The molecule has 0 aliphatic rings. The molecule has 0 spiro atoms. The van der Waals surface area contributed by atoms with Gasteiger partial charge in [-0.05, 0) is 56.7 Å². The first-order valence-electron chi connectivity index (χ1n) is 11.3. The molecule has 1 N–H and O–H groups in total. The van der Waals surface area contributed by atoms with E-state index in [1.54, 1.807) is 12.3 Å². The number of ether oxygens (including phenoxy) is 2. The number of hydrogen-bond acceptors (Lipinski definition) is 5. The first kappa shape index (κ1) is 23.0. The van der Waals surface area contributed by atoms with Gasteiger partial charge in [-0.15, -0.1) is 0 Å². The number of carbonyl (C=O) groups is 1. The number of hydrogen-bond donors (Lipinski definition) is 1. The van der Waals surface area contributed by atoms with Crippen LogP contribution < -0.4 is 14.9 Å². The molecular formula is C28H27N3O3. The SMILES string of the molecule is CCOc1cc(/C=N\NC(=O)c2cc(-c3ccccc3)nc3ccccc23)ccc1OC(C)C. The van der Waals surface area contributed by atoms with Crippen LogP contribution in [0.5, 0.6) is 11.5 Å². The van der Waals surface area contributed by atoms with Gasteiger partial charge in [0.05, 0.1) is 35.7 Å². The summed E-state index contributed by atoms with van der Waals surface area (Å²) in [6.45, 7) is 6.37. The Bertz CT molecular complexity index is 1320. The highest BCUT2D eigenvalue weighted by Crippen LogP contribution is 2.29. The van der Waals surface area contributed by atoms with Crippen LogP contribution in [0, 0.1) is 0 Å². The Morgan fingerprint density at radius 3 is 2.53 bits per heavy atom. The van der Waals surface area contributed by atoms with E-state index < -0.39 is 0 Å². The highest BCUT2D eigenvalue weighted by atomic mass is 16.5. The largest absolute Gasteiger partial charge is 0.490 e. The first-order valence-corrected chi connectivity index (χ1v) is 11.3. The minimum atomic E-state index is -0.308. The van der Waals surface area contributed by atoms with Gasteiger partial charge in [0.15, 0.2) is 11.5 Å². The molecule has 0 fully saturated rings. The van der Waals surface area contributed by atoms with E-state index in [1.807, 2.05) is 93.6 Å². The molecule has 1 heterocycles. The van der Waals surface area contributed by atoms with Crippen molar-refractivity contribution in [3.05, 3.63) is 90.0 Å². The lowest BCUT2D eigenvalue weighted by atomic mass is 10.0. The minimum Gasteiger partial charge on any atom is -0.490 e. The third-order valence-electron chi connectivity index (χ3n) is 5.04. The van der Waals surface area contributed by atoms with Gasteiger partial charge < -0.3 is 9.47 Å². The molecule has 1 amide bonds. The Kier molecular flexibility index (Phi) is 7.18. The number of hydrazone groups is 1. The van der Waals surface area contributed by atoms with Crippen molar-refractivity contribution < 1.29 is 14.3 Å². The van der Waals surface area contributed by atoms with Gasteiger partial charge in [0, 0.05) is 10.9 Å². The number of amides is 1. The van der Waals surface area contributed by atoms with Crippen molar-refractivity contribution in [2.24, 2.45) is 5.10 Å². The molecule has 6 nitrogen and oxygen atoms in total. The molecule has 0 unspecified atom stereocenters. The number of fused-ring (bicyclic) bond motifs is 1. The van der Waals surface area contributed by atoms with Crippen molar-refractivity contribution in [1.82, 2.24) is 10.4 Å². The molecule has 34 heavy (non-hydrogen) atoms. The number of nitrogens with zero attached hydrogens (tertiary/aromatic N) is 2. The summed E-state index contributed by atoms with van der Waals surface area (Å²) in [4.78, 5) is 17.8. The molecule has 0 saturated carbocycles. The average molecular weight is 454 g/mol. The fourth-order valence-electron chi connectivity index (χ4n) is 3.57. The van der Waals surface area contributed by atoms with Gasteiger partial charge in [0.2, 0.25) is 0 Å². The van der Waals surface area contributed by atoms with Crippen LogP contribution in [0.3, 0.4) is 0 Å². The van der Waals surface area contributed by atoms with Gasteiger partial charge in [-0.25, -0.2) is 10.4 Å². The summed E-state index contributed by atoms with van der Waals surface area (Å²) in [5, 5.41) is 4.94. The second kappa shape index (κ2) is 10.6. The van der Waals surface area contributed by atoms with Crippen molar-refractivity contribution in [3.8, 4) is 22.8 Å². The Balaban J connectivity index is 1.58. The molecule has 0 saturated heterocycles. The molecular weight excluding hydrogens is 426 g/mol. The van der Waals surface area contributed by atoms with Gasteiger partial charge in [0.1, 0.15) is 0 Å².